The lowest BCUT2D eigenvalue weighted by Gasteiger charge is -2.31. The molecule has 28 heavy (non-hydrogen) atoms. The van der Waals surface area contributed by atoms with Gasteiger partial charge in [-0.05, 0) is 79.0 Å². The summed E-state index contributed by atoms with van der Waals surface area (Å²) in [6.07, 6.45) is 5.07. The molecular formula is C24H25FO3. The van der Waals surface area contributed by atoms with Crippen LogP contribution in [0.4, 0.5) is 4.39 Å². The van der Waals surface area contributed by atoms with Crippen molar-refractivity contribution in [1.29, 1.82) is 0 Å². The van der Waals surface area contributed by atoms with Crippen molar-refractivity contribution in [3.8, 4) is 11.1 Å². The summed E-state index contributed by atoms with van der Waals surface area (Å²) in [5.74, 6) is -0.634. The van der Waals surface area contributed by atoms with E-state index in [-0.39, 0.29) is 11.6 Å². The first-order chi connectivity index (χ1) is 13.5. The minimum atomic E-state index is -0.853. The average Bonchev–Trinajstić information content (AvgIpc) is 2.92. The number of halogens is 1. The summed E-state index contributed by atoms with van der Waals surface area (Å²) in [5.41, 5.74) is 3.90. The van der Waals surface area contributed by atoms with Crippen LogP contribution in [0.1, 0.15) is 55.7 Å². The molecule has 0 aromatic heterocycles. The van der Waals surface area contributed by atoms with Crippen molar-refractivity contribution in [2.45, 2.75) is 58.0 Å². The molecule has 3 nitrogen and oxygen atoms in total. The van der Waals surface area contributed by atoms with E-state index in [1.807, 2.05) is 26.0 Å². The normalized spacial score (nSPS) is 18.6. The molecule has 1 fully saturated rings. The third-order valence-electron chi connectivity index (χ3n) is 6.16. The van der Waals surface area contributed by atoms with E-state index in [0.29, 0.717) is 18.4 Å². The van der Waals surface area contributed by atoms with E-state index in [1.165, 1.54) is 12.1 Å². The SMILES string of the molecule is CCc1ccc(-c2ccc(F)cc2)c(C)c1C1=C(O)C2(CCCCC2)OC1=O. The molecule has 1 spiro atoms. The Hall–Kier alpha value is -2.62. The summed E-state index contributed by atoms with van der Waals surface area (Å²) >= 11 is 0. The first kappa shape index (κ1) is 18.7. The van der Waals surface area contributed by atoms with Gasteiger partial charge < -0.3 is 9.84 Å². The van der Waals surface area contributed by atoms with Gasteiger partial charge in [0, 0.05) is 0 Å². The van der Waals surface area contributed by atoms with E-state index in [9.17, 15) is 14.3 Å². The van der Waals surface area contributed by atoms with Crippen molar-refractivity contribution < 1.29 is 19.0 Å². The lowest BCUT2D eigenvalue weighted by molar-refractivity contribution is -0.149. The summed E-state index contributed by atoms with van der Waals surface area (Å²) < 4.78 is 19.1. The first-order valence-corrected chi connectivity index (χ1v) is 10.0. The maximum Gasteiger partial charge on any atom is 0.343 e. The molecular weight excluding hydrogens is 355 g/mol. The van der Waals surface area contributed by atoms with Crippen molar-refractivity contribution in [2.75, 3.05) is 0 Å². The van der Waals surface area contributed by atoms with Crippen LogP contribution in [-0.4, -0.2) is 16.7 Å². The fourth-order valence-corrected chi connectivity index (χ4v) is 4.64. The van der Waals surface area contributed by atoms with Crippen LogP contribution in [0.5, 0.6) is 0 Å². The van der Waals surface area contributed by atoms with Crippen molar-refractivity contribution in [3.05, 3.63) is 64.7 Å². The van der Waals surface area contributed by atoms with E-state index >= 15 is 0 Å². The van der Waals surface area contributed by atoms with Gasteiger partial charge in [-0.2, -0.15) is 0 Å². The summed E-state index contributed by atoms with van der Waals surface area (Å²) in [4.78, 5) is 12.9. The smallest absolute Gasteiger partial charge is 0.343 e. The van der Waals surface area contributed by atoms with Crippen LogP contribution in [0.25, 0.3) is 16.7 Å². The molecule has 0 saturated heterocycles. The molecule has 4 heteroatoms. The van der Waals surface area contributed by atoms with Crippen LogP contribution in [0.15, 0.2) is 42.2 Å². The van der Waals surface area contributed by atoms with Crippen molar-refractivity contribution in [1.82, 2.24) is 0 Å². The van der Waals surface area contributed by atoms with Gasteiger partial charge >= 0.3 is 5.97 Å². The highest BCUT2D eigenvalue weighted by Crippen LogP contribution is 2.47. The lowest BCUT2D eigenvalue weighted by atomic mass is 9.81. The number of hydrogen-bond acceptors (Lipinski definition) is 3. The standard InChI is InChI=1S/C24H25FO3/c1-3-16-9-12-19(17-7-10-18(25)11-8-17)15(2)20(16)21-22(26)24(28-23(21)27)13-5-4-6-14-24/h7-12,26H,3-6,13-14H2,1-2H3. The molecule has 1 heterocycles. The number of ether oxygens (including phenoxy) is 1. The second-order valence-corrected chi connectivity index (χ2v) is 7.80. The highest BCUT2D eigenvalue weighted by Gasteiger charge is 2.49. The number of aliphatic hydroxyl groups is 1. The van der Waals surface area contributed by atoms with Crippen LogP contribution in [0.2, 0.25) is 0 Å². The van der Waals surface area contributed by atoms with Crippen LogP contribution < -0.4 is 0 Å². The molecule has 1 N–H and O–H groups in total. The van der Waals surface area contributed by atoms with Gasteiger partial charge in [-0.3, -0.25) is 0 Å². The molecule has 4 rings (SSSR count). The van der Waals surface area contributed by atoms with Gasteiger partial charge in [0.15, 0.2) is 11.4 Å². The zero-order valence-electron chi connectivity index (χ0n) is 16.3. The summed E-state index contributed by atoms with van der Waals surface area (Å²) in [5, 5.41) is 11.1. The highest BCUT2D eigenvalue weighted by molar-refractivity contribution is 6.20. The summed E-state index contributed by atoms with van der Waals surface area (Å²) in [6, 6.07) is 10.3. The maximum atomic E-state index is 13.3. The predicted octanol–water partition coefficient (Wildman–Crippen LogP) is 5.89. The van der Waals surface area contributed by atoms with E-state index < -0.39 is 11.6 Å². The quantitative estimate of drug-likeness (QED) is 0.675. The van der Waals surface area contributed by atoms with Crippen LogP contribution in [0, 0.1) is 12.7 Å². The molecule has 146 valence electrons. The Bertz CT molecular complexity index is 951. The predicted molar refractivity (Wildman–Crippen MR) is 107 cm³/mol. The third kappa shape index (κ3) is 2.92. The van der Waals surface area contributed by atoms with Crippen molar-refractivity contribution >= 4 is 11.5 Å². The molecule has 0 unspecified atom stereocenters. The molecule has 0 radical (unpaired) electrons. The zero-order chi connectivity index (χ0) is 19.9. The van der Waals surface area contributed by atoms with E-state index in [2.05, 4.69) is 0 Å². The Labute approximate surface area is 164 Å². The fraction of sp³-hybridized carbons (Fsp3) is 0.375. The molecule has 0 bridgehead atoms. The number of hydrogen-bond donors (Lipinski definition) is 1. The second-order valence-electron chi connectivity index (χ2n) is 7.80. The minimum absolute atomic E-state index is 0.0891. The molecule has 2 aliphatic rings. The fourth-order valence-electron chi connectivity index (χ4n) is 4.64. The van der Waals surface area contributed by atoms with Gasteiger partial charge in [0.1, 0.15) is 11.4 Å². The number of carbonyl (C=O) groups is 1. The van der Waals surface area contributed by atoms with Gasteiger partial charge in [0.05, 0.1) is 0 Å². The number of carbonyl (C=O) groups excluding carboxylic acids is 1. The molecule has 2 aromatic rings. The Balaban J connectivity index is 1.90. The Morgan fingerprint density at radius 2 is 1.75 bits per heavy atom. The summed E-state index contributed by atoms with van der Waals surface area (Å²) in [7, 11) is 0. The summed E-state index contributed by atoms with van der Waals surface area (Å²) in [6.45, 7) is 3.98. The third-order valence-corrected chi connectivity index (χ3v) is 6.16. The molecule has 1 saturated carbocycles. The molecule has 1 aliphatic carbocycles. The van der Waals surface area contributed by atoms with Gasteiger partial charge in [0.2, 0.25) is 0 Å². The Kier molecular flexibility index (Phi) is 4.74. The number of aryl methyl sites for hydroxylation is 1. The topological polar surface area (TPSA) is 46.5 Å². The molecule has 0 amide bonds. The Morgan fingerprint density at radius 1 is 1.07 bits per heavy atom. The van der Waals surface area contributed by atoms with Crippen molar-refractivity contribution in [3.63, 3.8) is 0 Å². The maximum absolute atomic E-state index is 13.3. The lowest BCUT2D eigenvalue weighted by Crippen LogP contribution is -2.34. The largest absolute Gasteiger partial charge is 0.507 e. The van der Waals surface area contributed by atoms with Gasteiger partial charge in [-0.25, -0.2) is 9.18 Å². The van der Waals surface area contributed by atoms with E-state index in [1.54, 1.807) is 12.1 Å². The van der Waals surface area contributed by atoms with Crippen LogP contribution in [-0.2, 0) is 16.0 Å². The van der Waals surface area contributed by atoms with E-state index in [0.717, 1.165) is 53.5 Å². The zero-order valence-corrected chi connectivity index (χ0v) is 16.3. The van der Waals surface area contributed by atoms with E-state index in [4.69, 9.17) is 4.74 Å². The van der Waals surface area contributed by atoms with Crippen LogP contribution >= 0.6 is 0 Å². The number of aliphatic hydroxyl groups excluding tert-OH is 1. The molecule has 1 aliphatic heterocycles. The number of benzene rings is 2. The number of esters is 1. The van der Waals surface area contributed by atoms with Gasteiger partial charge in [-0.1, -0.05) is 37.6 Å². The molecule has 0 atom stereocenters. The first-order valence-electron chi connectivity index (χ1n) is 10.0. The highest BCUT2D eigenvalue weighted by atomic mass is 19.1. The molecule has 2 aromatic carbocycles. The Morgan fingerprint density at radius 3 is 2.39 bits per heavy atom. The second kappa shape index (κ2) is 7.08. The van der Waals surface area contributed by atoms with Gasteiger partial charge in [-0.15, -0.1) is 0 Å². The average molecular weight is 380 g/mol. The monoisotopic (exact) mass is 380 g/mol. The van der Waals surface area contributed by atoms with Crippen LogP contribution in [0.3, 0.4) is 0 Å². The van der Waals surface area contributed by atoms with Gasteiger partial charge in [0.25, 0.3) is 0 Å². The van der Waals surface area contributed by atoms with Crippen molar-refractivity contribution in [2.24, 2.45) is 0 Å². The number of rotatable bonds is 3. The minimum Gasteiger partial charge on any atom is -0.507 e.